The predicted molar refractivity (Wildman–Crippen MR) is 105 cm³/mol. The van der Waals surface area contributed by atoms with Crippen molar-refractivity contribution in [1.82, 2.24) is 0 Å². The lowest BCUT2D eigenvalue weighted by molar-refractivity contribution is -0.115. The molecule has 4 nitrogen and oxygen atoms in total. The van der Waals surface area contributed by atoms with Crippen LogP contribution in [0.4, 0.5) is 14.5 Å². The molecule has 0 aliphatic rings. The molecule has 0 saturated heterocycles. The molecule has 2 rings (SSSR count). The molecule has 7 heteroatoms. The normalized spacial score (nSPS) is 11.7. The van der Waals surface area contributed by atoms with E-state index in [4.69, 9.17) is 9.47 Å². The summed E-state index contributed by atoms with van der Waals surface area (Å²) in [7, 11) is 0. The van der Waals surface area contributed by atoms with E-state index in [2.05, 4.69) is 5.32 Å². The van der Waals surface area contributed by atoms with Crippen molar-refractivity contribution < 1.29 is 23.0 Å². The summed E-state index contributed by atoms with van der Waals surface area (Å²) < 4.78 is 37.8. The molecule has 0 heterocycles. The molecule has 1 N–H and O–H groups in total. The first-order valence-electron chi connectivity index (χ1n) is 8.72. The first-order chi connectivity index (χ1) is 13.0. The molecular formula is C20H23F2NO3S. The topological polar surface area (TPSA) is 47.6 Å². The average molecular weight is 395 g/mol. The van der Waals surface area contributed by atoms with Crippen LogP contribution in [0, 0.1) is 11.6 Å². The van der Waals surface area contributed by atoms with Crippen LogP contribution in [0.15, 0.2) is 42.5 Å². The summed E-state index contributed by atoms with van der Waals surface area (Å²) in [6.07, 6.45) is 0.951. The van der Waals surface area contributed by atoms with Gasteiger partial charge in [0.1, 0.15) is 23.1 Å². The van der Waals surface area contributed by atoms with Gasteiger partial charge in [-0.05, 0) is 49.7 Å². The Bertz CT molecular complexity index is 741. The number of hydrogen-bond acceptors (Lipinski definition) is 4. The fourth-order valence-electron chi connectivity index (χ4n) is 2.14. The molecule has 1 atom stereocenters. The molecule has 1 unspecified atom stereocenters. The molecule has 0 spiro atoms. The largest absolute Gasteiger partial charge is 0.494 e. The summed E-state index contributed by atoms with van der Waals surface area (Å²) in [6, 6.07) is 10.3. The zero-order valence-corrected chi connectivity index (χ0v) is 16.2. The number of hydrogen-bond donors (Lipinski definition) is 1. The maximum atomic E-state index is 13.6. The van der Waals surface area contributed by atoms with Crippen LogP contribution in [0.1, 0.15) is 20.3 Å². The van der Waals surface area contributed by atoms with Gasteiger partial charge < -0.3 is 14.8 Å². The van der Waals surface area contributed by atoms with Crippen LogP contribution in [-0.2, 0) is 4.79 Å². The minimum absolute atomic E-state index is 0.158. The Morgan fingerprint density at radius 1 is 1.07 bits per heavy atom. The van der Waals surface area contributed by atoms with E-state index < -0.39 is 16.9 Å². The molecule has 27 heavy (non-hydrogen) atoms. The summed E-state index contributed by atoms with van der Waals surface area (Å²) >= 11 is 1.37. The highest BCUT2D eigenvalue weighted by Crippen LogP contribution is 2.20. The molecule has 0 fully saturated rings. The van der Waals surface area contributed by atoms with Crippen molar-refractivity contribution in [2.24, 2.45) is 0 Å². The molecule has 2 aromatic carbocycles. The highest BCUT2D eigenvalue weighted by molar-refractivity contribution is 8.00. The average Bonchev–Trinajstić information content (AvgIpc) is 2.67. The predicted octanol–water partition coefficient (Wildman–Crippen LogP) is 4.89. The third-order valence-corrected chi connectivity index (χ3v) is 4.69. The number of ether oxygens (including phenoxy) is 2. The van der Waals surface area contributed by atoms with Gasteiger partial charge >= 0.3 is 0 Å². The second-order valence-corrected chi connectivity index (χ2v) is 7.24. The molecule has 0 bridgehead atoms. The zero-order chi connectivity index (χ0) is 19.6. The van der Waals surface area contributed by atoms with Crippen molar-refractivity contribution in [2.45, 2.75) is 25.5 Å². The molecule has 0 aliphatic heterocycles. The number of halogens is 2. The summed E-state index contributed by atoms with van der Waals surface area (Å²) in [5.74, 6) is 0.436. The molecule has 146 valence electrons. The smallest absolute Gasteiger partial charge is 0.237 e. The summed E-state index contributed by atoms with van der Waals surface area (Å²) in [5.41, 5.74) is -0.158. The molecule has 1 amide bonds. The van der Waals surface area contributed by atoms with E-state index >= 15 is 0 Å². The van der Waals surface area contributed by atoms with Crippen molar-refractivity contribution in [1.29, 1.82) is 0 Å². The van der Waals surface area contributed by atoms with Crippen LogP contribution >= 0.6 is 11.8 Å². The Labute approximate surface area is 162 Å². The van der Waals surface area contributed by atoms with Gasteiger partial charge in [0.25, 0.3) is 0 Å². The molecule has 0 aromatic heterocycles. The molecule has 0 saturated carbocycles. The fraction of sp³-hybridized carbons (Fsp3) is 0.350. The number of nitrogens with one attached hydrogen (secondary N) is 1. The van der Waals surface area contributed by atoms with Gasteiger partial charge in [-0.25, -0.2) is 8.78 Å². The summed E-state index contributed by atoms with van der Waals surface area (Å²) in [6.45, 7) is 4.85. The van der Waals surface area contributed by atoms with E-state index in [0.29, 0.717) is 19.0 Å². The molecular weight excluding hydrogens is 372 g/mol. The molecule has 0 radical (unpaired) electrons. The number of carbonyl (C=O) groups is 1. The van der Waals surface area contributed by atoms with Gasteiger partial charge in [-0.3, -0.25) is 4.79 Å². The fourth-order valence-corrected chi connectivity index (χ4v) is 2.88. The Morgan fingerprint density at radius 3 is 2.33 bits per heavy atom. The number of rotatable bonds is 10. The van der Waals surface area contributed by atoms with E-state index in [-0.39, 0.29) is 11.6 Å². The van der Waals surface area contributed by atoms with Crippen LogP contribution in [0.3, 0.4) is 0 Å². The van der Waals surface area contributed by atoms with Gasteiger partial charge in [-0.15, -0.1) is 11.8 Å². The highest BCUT2D eigenvalue weighted by atomic mass is 32.2. The van der Waals surface area contributed by atoms with Crippen LogP contribution in [0.2, 0.25) is 0 Å². The number of carbonyl (C=O) groups excluding carboxylic acids is 1. The second-order valence-electron chi connectivity index (χ2n) is 5.79. The Balaban J connectivity index is 1.71. The maximum Gasteiger partial charge on any atom is 0.237 e. The van der Waals surface area contributed by atoms with Crippen LogP contribution in [0.25, 0.3) is 0 Å². The second kappa shape index (κ2) is 10.8. The van der Waals surface area contributed by atoms with Crippen molar-refractivity contribution in [3.05, 3.63) is 54.1 Å². The maximum absolute atomic E-state index is 13.6. The number of amides is 1. The Hall–Kier alpha value is -2.28. The van der Waals surface area contributed by atoms with Crippen LogP contribution < -0.4 is 14.8 Å². The highest BCUT2D eigenvalue weighted by Gasteiger charge is 2.15. The Kier molecular flexibility index (Phi) is 8.39. The van der Waals surface area contributed by atoms with E-state index in [0.717, 1.165) is 36.1 Å². The number of anilines is 1. The number of thioether (sulfide) groups is 1. The first kappa shape index (κ1) is 21.0. The van der Waals surface area contributed by atoms with Crippen molar-refractivity contribution in [3.63, 3.8) is 0 Å². The van der Waals surface area contributed by atoms with E-state index in [1.165, 1.54) is 11.8 Å². The standard InChI is InChI=1S/C20H23F2NO3S/c1-3-10-25-16-5-7-17(8-6-16)26-11-12-27-14(2)20(24)23-19-13-15(21)4-9-18(19)22/h4-9,13-14H,3,10-12H2,1-2H3,(H,23,24). The lowest BCUT2D eigenvalue weighted by Crippen LogP contribution is -2.24. The van der Waals surface area contributed by atoms with Gasteiger partial charge in [0.2, 0.25) is 5.91 Å². The lowest BCUT2D eigenvalue weighted by atomic mass is 10.3. The van der Waals surface area contributed by atoms with E-state index in [1.54, 1.807) is 6.92 Å². The van der Waals surface area contributed by atoms with Gasteiger partial charge in [-0.2, -0.15) is 0 Å². The minimum Gasteiger partial charge on any atom is -0.494 e. The molecule has 2 aromatic rings. The van der Waals surface area contributed by atoms with E-state index in [1.807, 2.05) is 31.2 Å². The number of benzene rings is 2. The summed E-state index contributed by atoms with van der Waals surface area (Å²) in [4.78, 5) is 12.1. The Morgan fingerprint density at radius 2 is 1.70 bits per heavy atom. The van der Waals surface area contributed by atoms with Gasteiger partial charge in [0.05, 0.1) is 24.2 Å². The van der Waals surface area contributed by atoms with E-state index in [9.17, 15) is 13.6 Å². The monoisotopic (exact) mass is 395 g/mol. The first-order valence-corrected chi connectivity index (χ1v) is 9.77. The quantitative estimate of drug-likeness (QED) is 0.582. The van der Waals surface area contributed by atoms with Gasteiger partial charge in [0.15, 0.2) is 0 Å². The lowest BCUT2D eigenvalue weighted by Gasteiger charge is -2.13. The van der Waals surface area contributed by atoms with Crippen molar-refractivity contribution in [2.75, 3.05) is 24.3 Å². The molecule has 0 aliphatic carbocycles. The zero-order valence-electron chi connectivity index (χ0n) is 15.3. The third-order valence-electron chi connectivity index (χ3n) is 3.57. The van der Waals surface area contributed by atoms with Crippen LogP contribution in [-0.4, -0.2) is 30.1 Å². The van der Waals surface area contributed by atoms with Gasteiger partial charge in [0, 0.05) is 11.8 Å². The SMILES string of the molecule is CCCOc1ccc(OCCSC(C)C(=O)Nc2cc(F)ccc2F)cc1. The van der Waals surface area contributed by atoms with Gasteiger partial charge in [-0.1, -0.05) is 6.92 Å². The van der Waals surface area contributed by atoms with Crippen molar-refractivity contribution >= 4 is 23.4 Å². The van der Waals surface area contributed by atoms with Crippen molar-refractivity contribution in [3.8, 4) is 11.5 Å². The minimum atomic E-state index is -0.670. The third kappa shape index (κ3) is 7.09. The summed E-state index contributed by atoms with van der Waals surface area (Å²) in [5, 5.41) is 1.97. The van der Waals surface area contributed by atoms with Crippen LogP contribution in [0.5, 0.6) is 11.5 Å².